The molecule has 0 saturated heterocycles. The molecule has 0 amide bonds. The van der Waals surface area contributed by atoms with E-state index in [0.29, 0.717) is 35.5 Å². The van der Waals surface area contributed by atoms with Crippen molar-refractivity contribution in [3.63, 3.8) is 0 Å². The third kappa shape index (κ3) is 4.98. The van der Waals surface area contributed by atoms with Crippen LogP contribution >= 0.6 is 0 Å². The number of nitrogens with one attached hydrogen (secondary N) is 1. The molecule has 1 N–H and O–H groups in total. The third-order valence-corrected chi connectivity index (χ3v) is 5.93. The van der Waals surface area contributed by atoms with E-state index in [1.54, 1.807) is 52.8 Å². The molecule has 1 aliphatic heterocycles. The smallest absolute Gasteiger partial charge is 0.406 e. The van der Waals surface area contributed by atoms with Crippen molar-refractivity contribution >= 4 is 11.6 Å². The third-order valence-electron chi connectivity index (χ3n) is 5.93. The van der Waals surface area contributed by atoms with Crippen LogP contribution in [0.3, 0.4) is 0 Å². The van der Waals surface area contributed by atoms with E-state index in [1.165, 1.54) is 18.2 Å². The standard InChI is InChI=1S/C24H22F4N6O/c1-15-29-11-13-33(15)21-10-7-17(14-20(21)25)30-23-31-22-19(4-2-3-12-34(22)32-23)16-5-8-18(9-6-16)35-24(26,27)28/h5-11,13-14,19H,2-4,12H2,1H3,(H,30,32). The van der Waals surface area contributed by atoms with Gasteiger partial charge in [0.25, 0.3) is 0 Å². The number of rotatable bonds is 5. The summed E-state index contributed by atoms with van der Waals surface area (Å²) in [6.45, 7) is 2.46. The second-order valence-corrected chi connectivity index (χ2v) is 8.32. The highest BCUT2D eigenvalue weighted by molar-refractivity contribution is 5.56. The summed E-state index contributed by atoms with van der Waals surface area (Å²) in [4.78, 5) is 8.78. The van der Waals surface area contributed by atoms with E-state index in [9.17, 15) is 17.6 Å². The number of hydrogen-bond donors (Lipinski definition) is 1. The first-order valence-corrected chi connectivity index (χ1v) is 11.1. The van der Waals surface area contributed by atoms with Gasteiger partial charge in [-0.3, -0.25) is 0 Å². The number of fused-ring (bicyclic) bond motifs is 1. The van der Waals surface area contributed by atoms with Crippen LogP contribution in [0.1, 0.15) is 42.4 Å². The van der Waals surface area contributed by atoms with E-state index in [-0.39, 0.29) is 11.7 Å². The number of aromatic nitrogens is 5. The van der Waals surface area contributed by atoms with Crippen molar-refractivity contribution in [2.24, 2.45) is 0 Å². The molecule has 5 rings (SSSR count). The molecule has 35 heavy (non-hydrogen) atoms. The minimum atomic E-state index is -4.74. The Morgan fingerprint density at radius 1 is 1.09 bits per heavy atom. The number of benzene rings is 2. The van der Waals surface area contributed by atoms with Crippen molar-refractivity contribution in [2.75, 3.05) is 5.32 Å². The highest BCUT2D eigenvalue weighted by Gasteiger charge is 2.31. The van der Waals surface area contributed by atoms with Crippen LogP contribution < -0.4 is 10.1 Å². The molecule has 1 atom stereocenters. The first kappa shape index (κ1) is 22.9. The first-order valence-electron chi connectivity index (χ1n) is 11.1. The lowest BCUT2D eigenvalue weighted by atomic mass is 9.93. The molecule has 1 aliphatic rings. The highest BCUT2D eigenvalue weighted by Crippen LogP contribution is 2.34. The van der Waals surface area contributed by atoms with Gasteiger partial charge in [0.2, 0.25) is 5.95 Å². The van der Waals surface area contributed by atoms with Crippen LogP contribution in [0.15, 0.2) is 54.9 Å². The van der Waals surface area contributed by atoms with Gasteiger partial charge in [-0.15, -0.1) is 18.3 Å². The molecule has 2 aromatic carbocycles. The Balaban J connectivity index is 1.38. The van der Waals surface area contributed by atoms with Gasteiger partial charge in [-0.05, 0) is 55.7 Å². The summed E-state index contributed by atoms with van der Waals surface area (Å²) in [5.41, 5.74) is 1.71. The summed E-state index contributed by atoms with van der Waals surface area (Å²) in [6, 6.07) is 10.6. The summed E-state index contributed by atoms with van der Waals surface area (Å²) in [5, 5.41) is 7.61. The minimum Gasteiger partial charge on any atom is -0.406 e. The van der Waals surface area contributed by atoms with Gasteiger partial charge in [-0.25, -0.2) is 14.1 Å². The van der Waals surface area contributed by atoms with E-state index in [2.05, 4.69) is 25.1 Å². The Morgan fingerprint density at radius 3 is 2.57 bits per heavy atom. The quantitative estimate of drug-likeness (QED) is 0.358. The van der Waals surface area contributed by atoms with E-state index in [0.717, 1.165) is 24.8 Å². The second kappa shape index (κ2) is 9.05. The second-order valence-electron chi connectivity index (χ2n) is 8.32. The van der Waals surface area contributed by atoms with E-state index in [1.807, 2.05) is 0 Å². The molecule has 7 nitrogen and oxygen atoms in total. The average molecular weight is 486 g/mol. The van der Waals surface area contributed by atoms with Crippen molar-refractivity contribution in [1.82, 2.24) is 24.3 Å². The highest BCUT2D eigenvalue weighted by atomic mass is 19.4. The molecule has 182 valence electrons. The summed E-state index contributed by atoms with van der Waals surface area (Å²) in [6.07, 6.45) is 1.17. The van der Waals surface area contributed by atoms with Crippen molar-refractivity contribution in [3.8, 4) is 11.4 Å². The van der Waals surface area contributed by atoms with Gasteiger partial charge in [0.1, 0.15) is 23.2 Å². The molecule has 0 fully saturated rings. The molecular formula is C24H22F4N6O. The van der Waals surface area contributed by atoms with Gasteiger partial charge in [-0.2, -0.15) is 4.98 Å². The van der Waals surface area contributed by atoms with Crippen LogP contribution in [0.4, 0.5) is 29.2 Å². The number of halogens is 4. The molecule has 0 spiro atoms. The van der Waals surface area contributed by atoms with Crippen molar-refractivity contribution < 1.29 is 22.3 Å². The number of imidazole rings is 1. The van der Waals surface area contributed by atoms with Gasteiger partial charge >= 0.3 is 6.36 Å². The van der Waals surface area contributed by atoms with Crippen LogP contribution in [-0.4, -0.2) is 30.7 Å². The van der Waals surface area contributed by atoms with Crippen molar-refractivity contribution in [3.05, 3.63) is 77.9 Å². The molecule has 4 aromatic rings. The molecule has 3 heterocycles. The molecule has 0 bridgehead atoms. The zero-order valence-electron chi connectivity index (χ0n) is 18.8. The first-order chi connectivity index (χ1) is 16.8. The van der Waals surface area contributed by atoms with Gasteiger partial charge < -0.3 is 14.6 Å². The number of ether oxygens (including phenoxy) is 1. The summed E-state index contributed by atoms with van der Waals surface area (Å²) < 4.78 is 59.7. The SMILES string of the molecule is Cc1nccn1-c1ccc(Nc2nc3n(n2)CCCCC3c2ccc(OC(F)(F)F)cc2)cc1F. The molecule has 11 heteroatoms. The number of hydrogen-bond acceptors (Lipinski definition) is 5. The minimum absolute atomic E-state index is 0.135. The van der Waals surface area contributed by atoms with Gasteiger partial charge in [0, 0.05) is 30.5 Å². The Kier molecular flexibility index (Phi) is 5.91. The Morgan fingerprint density at radius 2 is 1.89 bits per heavy atom. The normalized spacial score (nSPS) is 16.0. The maximum Gasteiger partial charge on any atom is 0.573 e. The van der Waals surface area contributed by atoms with Gasteiger partial charge in [-0.1, -0.05) is 18.6 Å². The number of nitrogens with zero attached hydrogens (tertiary/aromatic N) is 5. The largest absolute Gasteiger partial charge is 0.573 e. The fourth-order valence-corrected chi connectivity index (χ4v) is 4.33. The monoisotopic (exact) mass is 486 g/mol. The average Bonchev–Trinajstić information content (AvgIpc) is 3.34. The molecule has 0 aliphatic carbocycles. The topological polar surface area (TPSA) is 69.8 Å². The predicted octanol–water partition coefficient (Wildman–Crippen LogP) is 5.87. The summed E-state index contributed by atoms with van der Waals surface area (Å²) in [5.74, 6) is 0.887. The molecule has 2 aromatic heterocycles. The van der Waals surface area contributed by atoms with E-state index >= 15 is 0 Å². The lowest BCUT2D eigenvalue weighted by molar-refractivity contribution is -0.274. The van der Waals surface area contributed by atoms with Crippen LogP contribution in [0.25, 0.3) is 5.69 Å². The van der Waals surface area contributed by atoms with Crippen LogP contribution in [0.5, 0.6) is 5.75 Å². The Hall–Kier alpha value is -3.89. The number of alkyl halides is 3. The molecule has 0 saturated carbocycles. The van der Waals surface area contributed by atoms with Crippen LogP contribution in [-0.2, 0) is 6.54 Å². The number of aryl methyl sites for hydroxylation is 2. The number of anilines is 2. The van der Waals surface area contributed by atoms with Gasteiger partial charge in [0.05, 0.1) is 5.69 Å². The Labute approximate surface area is 198 Å². The van der Waals surface area contributed by atoms with E-state index < -0.39 is 12.2 Å². The maximum absolute atomic E-state index is 14.8. The fraction of sp³-hybridized carbons (Fsp3) is 0.292. The van der Waals surface area contributed by atoms with Crippen LogP contribution in [0, 0.1) is 12.7 Å². The van der Waals surface area contributed by atoms with E-state index in [4.69, 9.17) is 0 Å². The van der Waals surface area contributed by atoms with Gasteiger partial charge in [0.15, 0.2) is 0 Å². The molecule has 1 unspecified atom stereocenters. The zero-order valence-corrected chi connectivity index (χ0v) is 18.8. The summed E-state index contributed by atoms with van der Waals surface area (Å²) in [7, 11) is 0. The molecule has 0 radical (unpaired) electrons. The van der Waals surface area contributed by atoms with Crippen molar-refractivity contribution in [2.45, 2.75) is 45.0 Å². The summed E-state index contributed by atoms with van der Waals surface area (Å²) >= 11 is 0. The fourth-order valence-electron chi connectivity index (χ4n) is 4.33. The van der Waals surface area contributed by atoms with Crippen LogP contribution in [0.2, 0.25) is 0 Å². The van der Waals surface area contributed by atoms with Crippen molar-refractivity contribution in [1.29, 1.82) is 0 Å². The maximum atomic E-state index is 14.8. The Bertz CT molecular complexity index is 1330. The zero-order chi connectivity index (χ0) is 24.6. The predicted molar refractivity (Wildman–Crippen MR) is 120 cm³/mol. The molecular weight excluding hydrogens is 464 g/mol. The lowest BCUT2D eigenvalue weighted by Crippen LogP contribution is -2.17. The lowest BCUT2D eigenvalue weighted by Gasteiger charge is -2.15.